The molecule has 0 aromatic heterocycles. The van der Waals surface area contributed by atoms with Crippen molar-refractivity contribution in [1.29, 1.82) is 0 Å². The van der Waals surface area contributed by atoms with Crippen LogP contribution in [-0.4, -0.2) is 39.4 Å². The lowest BCUT2D eigenvalue weighted by Gasteiger charge is -2.28. The number of benzene rings is 1. The van der Waals surface area contributed by atoms with Gasteiger partial charge in [-0.15, -0.1) is 0 Å². The first kappa shape index (κ1) is 15.6. The van der Waals surface area contributed by atoms with Gasteiger partial charge in [0.15, 0.2) is 0 Å². The van der Waals surface area contributed by atoms with Gasteiger partial charge >= 0.3 is 5.97 Å². The molecule has 0 unspecified atom stereocenters. The minimum atomic E-state index is -0.365. The summed E-state index contributed by atoms with van der Waals surface area (Å²) in [5, 5.41) is 0. The molecule has 0 bridgehead atoms. The largest absolute Gasteiger partial charge is 0.462 e. The quantitative estimate of drug-likeness (QED) is 0.666. The Bertz CT molecular complexity index is 484. The maximum atomic E-state index is 11.9. The van der Waals surface area contributed by atoms with Crippen molar-refractivity contribution in [3.8, 4) is 0 Å². The summed E-state index contributed by atoms with van der Waals surface area (Å²) >= 11 is 0. The van der Waals surface area contributed by atoms with Crippen molar-refractivity contribution in [2.75, 3.05) is 44.0 Å². The van der Waals surface area contributed by atoms with Gasteiger partial charge in [0.1, 0.15) is 0 Å². The Labute approximate surface area is 126 Å². The molecule has 0 amide bonds. The minimum absolute atomic E-state index is 0.348. The number of nitrogens with zero attached hydrogens (tertiary/aromatic N) is 1. The van der Waals surface area contributed by atoms with Gasteiger partial charge in [-0.05, 0) is 43.9 Å². The van der Waals surface area contributed by atoms with Crippen LogP contribution in [0.5, 0.6) is 0 Å². The summed E-state index contributed by atoms with van der Waals surface area (Å²) in [6.07, 6.45) is 2.17. The van der Waals surface area contributed by atoms with Crippen LogP contribution in [0.4, 0.5) is 11.4 Å². The summed E-state index contributed by atoms with van der Waals surface area (Å²) < 4.78 is 10.4. The molecule has 0 spiro atoms. The lowest BCUT2D eigenvalue weighted by molar-refractivity contribution is 0.0527. The van der Waals surface area contributed by atoms with E-state index in [1.165, 1.54) is 0 Å². The predicted molar refractivity (Wildman–Crippen MR) is 83.6 cm³/mol. The van der Waals surface area contributed by atoms with Crippen molar-refractivity contribution in [3.63, 3.8) is 0 Å². The number of esters is 1. The van der Waals surface area contributed by atoms with Crippen LogP contribution in [0.2, 0.25) is 0 Å². The Kier molecular flexibility index (Phi) is 5.44. The van der Waals surface area contributed by atoms with Crippen molar-refractivity contribution in [3.05, 3.63) is 23.8 Å². The molecule has 2 rings (SSSR count). The zero-order valence-corrected chi connectivity index (χ0v) is 12.8. The van der Waals surface area contributed by atoms with E-state index in [1.54, 1.807) is 13.0 Å². The molecule has 116 valence electrons. The smallest absolute Gasteiger partial charge is 0.340 e. The number of carbonyl (C=O) groups excluding carboxylic acids is 1. The van der Waals surface area contributed by atoms with Crippen LogP contribution >= 0.6 is 0 Å². The van der Waals surface area contributed by atoms with Gasteiger partial charge in [-0.3, -0.25) is 0 Å². The molecule has 1 heterocycles. The second kappa shape index (κ2) is 7.31. The average molecular weight is 292 g/mol. The van der Waals surface area contributed by atoms with Crippen molar-refractivity contribution in [2.45, 2.75) is 19.8 Å². The normalized spacial score (nSPS) is 15.7. The molecule has 21 heavy (non-hydrogen) atoms. The molecule has 5 heteroatoms. The zero-order valence-electron chi connectivity index (χ0n) is 12.8. The van der Waals surface area contributed by atoms with E-state index in [0.717, 1.165) is 38.3 Å². The Morgan fingerprint density at radius 3 is 2.81 bits per heavy atom. The van der Waals surface area contributed by atoms with Gasteiger partial charge in [0, 0.05) is 38.2 Å². The third-order valence-electron chi connectivity index (χ3n) is 3.85. The van der Waals surface area contributed by atoms with Gasteiger partial charge in [0.05, 0.1) is 12.2 Å². The number of rotatable bonds is 5. The maximum Gasteiger partial charge on any atom is 0.340 e. The second-order valence-electron chi connectivity index (χ2n) is 5.43. The van der Waals surface area contributed by atoms with E-state index < -0.39 is 0 Å². The molecule has 0 aliphatic carbocycles. The van der Waals surface area contributed by atoms with Crippen molar-refractivity contribution in [1.82, 2.24) is 0 Å². The topological polar surface area (TPSA) is 64.8 Å². The molecule has 2 N–H and O–H groups in total. The van der Waals surface area contributed by atoms with Crippen LogP contribution in [0.25, 0.3) is 0 Å². The maximum absolute atomic E-state index is 11.9. The van der Waals surface area contributed by atoms with Crippen LogP contribution in [0, 0.1) is 5.92 Å². The highest BCUT2D eigenvalue weighted by molar-refractivity contribution is 5.96. The van der Waals surface area contributed by atoms with Crippen LogP contribution < -0.4 is 10.6 Å². The SMILES string of the molecule is CCOC(=O)c1cc(N(C)CC2CCOCC2)ccc1N. The lowest BCUT2D eigenvalue weighted by atomic mass is 9.99. The zero-order chi connectivity index (χ0) is 15.2. The number of nitrogens with two attached hydrogens (primary N) is 1. The number of anilines is 2. The molecule has 1 aliphatic rings. The first-order valence-corrected chi connectivity index (χ1v) is 7.47. The molecule has 1 aliphatic heterocycles. The number of carbonyl (C=O) groups is 1. The Morgan fingerprint density at radius 1 is 1.43 bits per heavy atom. The molecule has 1 aromatic carbocycles. The van der Waals surface area contributed by atoms with Crippen LogP contribution in [0.3, 0.4) is 0 Å². The highest BCUT2D eigenvalue weighted by Gasteiger charge is 2.18. The molecule has 1 saturated heterocycles. The van der Waals surface area contributed by atoms with Crippen molar-refractivity contribution >= 4 is 17.3 Å². The number of ether oxygens (including phenoxy) is 2. The molecule has 1 aromatic rings. The van der Waals surface area contributed by atoms with E-state index in [2.05, 4.69) is 4.90 Å². The molecular formula is C16H24N2O3. The highest BCUT2D eigenvalue weighted by Crippen LogP contribution is 2.24. The van der Waals surface area contributed by atoms with Gasteiger partial charge in [-0.1, -0.05) is 0 Å². The Hall–Kier alpha value is -1.75. The molecular weight excluding hydrogens is 268 g/mol. The number of hydrogen-bond donors (Lipinski definition) is 1. The highest BCUT2D eigenvalue weighted by atomic mass is 16.5. The summed E-state index contributed by atoms with van der Waals surface area (Å²) in [7, 11) is 2.04. The molecule has 5 nitrogen and oxygen atoms in total. The summed E-state index contributed by atoms with van der Waals surface area (Å²) in [5.41, 5.74) is 7.75. The third-order valence-corrected chi connectivity index (χ3v) is 3.85. The van der Waals surface area contributed by atoms with Crippen LogP contribution in [0.1, 0.15) is 30.1 Å². The van der Waals surface area contributed by atoms with Gasteiger partial charge in [-0.25, -0.2) is 4.79 Å². The Morgan fingerprint density at radius 2 is 2.14 bits per heavy atom. The van der Waals surface area contributed by atoms with Gasteiger partial charge < -0.3 is 20.1 Å². The average Bonchev–Trinajstić information content (AvgIpc) is 2.48. The van der Waals surface area contributed by atoms with Gasteiger partial charge in [0.25, 0.3) is 0 Å². The molecule has 0 atom stereocenters. The summed E-state index contributed by atoms with van der Waals surface area (Å²) in [6, 6.07) is 5.52. The van der Waals surface area contributed by atoms with Crippen molar-refractivity contribution < 1.29 is 14.3 Å². The first-order valence-electron chi connectivity index (χ1n) is 7.47. The fourth-order valence-corrected chi connectivity index (χ4v) is 2.59. The number of hydrogen-bond acceptors (Lipinski definition) is 5. The lowest BCUT2D eigenvalue weighted by Crippen LogP contribution is -2.29. The molecule has 0 radical (unpaired) electrons. The van der Waals surface area contributed by atoms with Gasteiger partial charge in [0.2, 0.25) is 0 Å². The molecule has 0 saturated carbocycles. The summed E-state index contributed by atoms with van der Waals surface area (Å²) in [4.78, 5) is 14.1. The Balaban J connectivity index is 2.08. The van der Waals surface area contributed by atoms with Crippen LogP contribution in [0.15, 0.2) is 18.2 Å². The van der Waals surface area contributed by atoms with E-state index in [9.17, 15) is 4.79 Å². The van der Waals surface area contributed by atoms with E-state index in [0.29, 0.717) is 23.8 Å². The molecule has 1 fully saturated rings. The second-order valence-corrected chi connectivity index (χ2v) is 5.43. The van der Waals surface area contributed by atoms with E-state index in [1.807, 2.05) is 19.2 Å². The number of nitrogen functional groups attached to an aromatic ring is 1. The third kappa shape index (κ3) is 4.11. The van der Waals surface area contributed by atoms with E-state index in [4.69, 9.17) is 15.2 Å². The fourth-order valence-electron chi connectivity index (χ4n) is 2.59. The summed E-state index contributed by atoms with van der Waals surface area (Å²) in [6.45, 7) is 4.77. The van der Waals surface area contributed by atoms with E-state index >= 15 is 0 Å². The standard InChI is InChI=1S/C16H24N2O3/c1-3-21-16(19)14-10-13(4-5-15(14)17)18(2)11-12-6-8-20-9-7-12/h4-5,10,12H,3,6-9,11,17H2,1-2H3. The van der Waals surface area contributed by atoms with Gasteiger partial charge in [-0.2, -0.15) is 0 Å². The minimum Gasteiger partial charge on any atom is -0.462 e. The summed E-state index contributed by atoms with van der Waals surface area (Å²) in [5.74, 6) is 0.267. The monoisotopic (exact) mass is 292 g/mol. The van der Waals surface area contributed by atoms with E-state index in [-0.39, 0.29) is 5.97 Å². The van der Waals surface area contributed by atoms with Crippen molar-refractivity contribution in [2.24, 2.45) is 5.92 Å². The van der Waals surface area contributed by atoms with Crippen LogP contribution in [-0.2, 0) is 9.47 Å². The predicted octanol–water partition coefficient (Wildman–Crippen LogP) is 2.31. The fraction of sp³-hybridized carbons (Fsp3) is 0.562. The first-order chi connectivity index (χ1) is 10.1.